The van der Waals surface area contributed by atoms with E-state index in [-0.39, 0.29) is 54.8 Å². The quantitative estimate of drug-likeness (QED) is 0.152. The standard InChI is InChI=1S/C46H46ClN3O6Si/c1-28-43(57(3,4)35-19-17-34(55-2)18-20-35)40(25-41(52)48-22-8-13-33(48)27-51)56-46(28)37-24-31(47)16-21-38(37)49(45(46)54)26-29-9-5-12-32(23-29)50-39-15-7-11-30-10-6-14-36(42(30)39)44(50)53/h5-7,9-12,14-21,23-24,28,33,40,43,51H,8,13,22,25-27H2,1-4H3/t28-,33+,40+,43-,46+/m1/s1. The molecule has 0 saturated carbocycles. The molecule has 0 bridgehead atoms. The van der Waals surface area contributed by atoms with Crippen LogP contribution in [0.4, 0.5) is 17.1 Å². The van der Waals surface area contributed by atoms with Gasteiger partial charge in [0.25, 0.3) is 11.8 Å². The maximum absolute atomic E-state index is 15.4. The number of aliphatic hydroxyl groups is 1. The second-order valence-corrected chi connectivity index (χ2v) is 21.6. The summed E-state index contributed by atoms with van der Waals surface area (Å²) in [5.41, 5.74) is 2.95. The van der Waals surface area contributed by atoms with Crippen LogP contribution in [0.3, 0.4) is 0 Å². The Morgan fingerprint density at radius 2 is 1.72 bits per heavy atom. The molecule has 0 unspecified atom stereocenters. The Kier molecular flexibility index (Phi) is 9.31. The summed E-state index contributed by atoms with van der Waals surface area (Å²) >= 11 is 6.75. The topological polar surface area (TPSA) is 99.6 Å². The van der Waals surface area contributed by atoms with E-state index in [0.29, 0.717) is 28.4 Å². The highest BCUT2D eigenvalue weighted by atomic mass is 35.5. The number of rotatable bonds is 9. The molecule has 2 fully saturated rings. The largest absolute Gasteiger partial charge is 0.497 e. The van der Waals surface area contributed by atoms with Gasteiger partial charge < -0.3 is 24.4 Å². The zero-order valence-corrected chi connectivity index (χ0v) is 34.3. The Morgan fingerprint density at radius 1 is 0.965 bits per heavy atom. The molecule has 1 spiro atoms. The number of methoxy groups -OCH3 is 1. The first-order valence-electron chi connectivity index (χ1n) is 19.8. The number of amides is 3. The van der Waals surface area contributed by atoms with Gasteiger partial charge in [-0.15, -0.1) is 0 Å². The van der Waals surface area contributed by atoms with E-state index in [2.05, 4.69) is 32.2 Å². The van der Waals surface area contributed by atoms with Crippen molar-refractivity contribution in [2.45, 2.75) is 69.1 Å². The van der Waals surface area contributed by atoms with Crippen molar-refractivity contribution in [3.63, 3.8) is 0 Å². The lowest BCUT2D eigenvalue weighted by molar-refractivity contribution is -0.150. The molecule has 4 aliphatic heterocycles. The maximum Gasteiger partial charge on any atom is 0.264 e. The summed E-state index contributed by atoms with van der Waals surface area (Å²) in [6, 6.07) is 33.0. The molecule has 0 radical (unpaired) electrons. The van der Waals surface area contributed by atoms with Crippen molar-refractivity contribution in [3.05, 3.63) is 125 Å². The Bertz CT molecular complexity index is 2430. The Labute approximate surface area is 338 Å². The average molecular weight is 800 g/mol. The van der Waals surface area contributed by atoms with Gasteiger partial charge in [-0.25, -0.2) is 0 Å². The highest BCUT2D eigenvalue weighted by Gasteiger charge is 2.66. The van der Waals surface area contributed by atoms with Gasteiger partial charge in [-0.2, -0.15) is 0 Å². The van der Waals surface area contributed by atoms with E-state index in [9.17, 15) is 14.7 Å². The summed E-state index contributed by atoms with van der Waals surface area (Å²) in [5, 5.41) is 13.7. The van der Waals surface area contributed by atoms with E-state index in [1.165, 1.54) is 5.19 Å². The summed E-state index contributed by atoms with van der Waals surface area (Å²) in [6.07, 6.45) is 1.14. The summed E-state index contributed by atoms with van der Waals surface area (Å²) in [5.74, 6) is 0.0916. The van der Waals surface area contributed by atoms with Gasteiger partial charge in [0.05, 0.1) is 63.8 Å². The van der Waals surface area contributed by atoms with Crippen LogP contribution < -0.4 is 19.7 Å². The van der Waals surface area contributed by atoms with Crippen LogP contribution in [-0.2, 0) is 26.5 Å². The first-order chi connectivity index (χ1) is 27.5. The van der Waals surface area contributed by atoms with Gasteiger partial charge in [-0.3, -0.25) is 19.3 Å². The molecule has 5 atom stereocenters. The van der Waals surface area contributed by atoms with Crippen LogP contribution in [0.1, 0.15) is 47.7 Å². The molecule has 11 heteroatoms. The van der Waals surface area contributed by atoms with E-state index < -0.39 is 19.8 Å². The lowest BCUT2D eigenvalue weighted by Gasteiger charge is -2.37. The minimum Gasteiger partial charge on any atom is -0.497 e. The molecule has 57 heavy (non-hydrogen) atoms. The molecule has 0 aliphatic carbocycles. The molecule has 2 saturated heterocycles. The molecule has 9 nitrogen and oxygen atoms in total. The van der Waals surface area contributed by atoms with Gasteiger partial charge in [0.15, 0.2) is 5.60 Å². The van der Waals surface area contributed by atoms with Crippen molar-refractivity contribution in [1.29, 1.82) is 0 Å². The highest BCUT2D eigenvalue weighted by Crippen LogP contribution is 2.60. The number of likely N-dealkylation sites (tertiary alicyclic amines) is 1. The van der Waals surface area contributed by atoms with E-state index in [4.69, 9.17) is 21.1 Å². The number of nitrogens with zero attached hydrogens (tertiary/aromatic N) is 3. The fraction of sp³-hybridized carbons (Fsp3) is 0.326. The monoisotopic (exact) mass is 799 g/mol. The molecule has 5 aromatic rings. The average Bonchev–Trinajstić information content (AvgIpc) is 3.95. The predicted molar refractivity (Wildman–Crippen MR) is 226 cm³/mol. The minimum absolute atomic E-state index is 0.0648. The Hall–Kier alpha value is -5.00. The van der Waals surface area contributed by atoms with E-state index in [1.54, 1.807) is 27.9 Å². The Balaban J connectivity index is 1.09. The van der Waals surface area contributed by atoms with Crippen molar-refractivity contribution in [3.8, 4) is 5.75 Å². The minimum atomic E-state index is -2.51. The number of carbonyl (C=O) groups is 3. The predicted octanol–water partition coefficient (Wildman–Crippen LogP) is 7.93. The number of aliphatic hydroxyl groups excluding tert-OH is 1. The van der Waals surface area contributed by atoms with Crippen LogP contribution in [0.2, 0.25) is 23.7 Å². The molecule has 3 amide bonds. The number of halogens is 1. The fourth-order valence-electron chi connectivity index (χ4n) is 10.4. The number of fused-ring (bicyclic) bond motifs is 2. The second-order valence-electron chi connectivity index (χ2n) is 16.5. The van der Waals surface area contributed by atoms with E-state index >= 15 is 4.79 Å². The number of hydrogen-bond acceptors (Lipinski definition) is 6. The zero-order chi connectivity index (χ0) is 39.8. The van der Waals surface area contributed by atoms with Crippen LogP contribution >= 0.6 is 11.6 Å². The smallest absolute Gasteiger partial charge is 0.264 e. The third-order valence-electron chi connectivity index (χ3n) is 13.1. The lowest BCUT2D eigenvalue weighted by atomic mass is 9.82. The molecular weight excluding hydrogens is 754 g/mol. The van der Waals surface area contributed by atoms with Gasteiger partial charge in [0, 0.05) is 34.1 Å². The van der Waals surface area contributed by atoms with Crippen molar-refractivity contribution >= 4 is 70.4 Å². The van der Waals surface area contributed by atoms with Crippen LogP contribution in [0.15, 0.2) is 103 Å². The third kappa shape index (κ3) is 5.82. The molecule has 5 aromatic carbocycles. The van der Waals surface area contributed by atoms with Crippen molar-refractivity contribution in [2.24, 2.45) is 5.92 Å². The van der Waals surface area contributed by atoms with Crippen molar-refractivity contribution in [1.82, 2.24) is 4.90 Å². The first-order valence-corrected chi connectivity index (χ1v) is 23.2. The number of carbonyl (C=O) groups excluding carboxylic acids is 3. The second kappa shape index (κ2) is 14.1. The first kappa shape index (κ1) is 37.6. The molecule has 4 heterocycles. The molecule has 1 N–H and O–H groups in total. The summed E-state index contributed by atoms with van der Waals surface area (Å²) in [7, 11) is -0.863. The van der Waals surface area contributed by atoms with Crippen LogP contribution in [0.25, 0.3) is 10.8 Å². The molecular formula is C46H46ClN3O6Si. The third-order valence-corrected chi connectivity index (χ3v) is 17.7. The zero-order valence-electron chi connectivity index (χ0n) is 32.6. The molecule has 0 aromatic heterocycles. The van der Waals surface area contributed by atoms with Crippen LogP contribution in [-0.4, -0.2) is 68.2 Å². The van der Waals surface area contributed by atoms with E-state index in [1.807, 2.05) is 84.9 Å². The number of anilines is 3. The van der Waals surface area contributed by atoms with E-state index in [0.717, 1.165) is 46.3 Å². The Morgan fingerprint density at radius 3 is 2.47 bits per heavy atom. The molecule has 292 valence electrons. The van der Waals surface area contributed by atoms with Crippen molar-refractivity contribution in [2.75, 3.05) is 30.1 Å². The highest BCUT2D eigenvalue weighted by molar-refractivity contribution is 6.91. The maximum atomic E-state index is 15.4. The SMILES string of the molecule is COc1ccc([Si](C)(C)[C@H]2[C@H](CC(=O)N3CCC[C@H]3CO)O[C@@]3(C(=O)N(Cc4cccc(N5C(=O)c6cccc7cccc5c67)c4)c4ccc(Cl)cc43)[C@@H]2C)cc1. The van der Waals surface area contributed by atoms with Crippen LogP contribution in [0.5, 0.6) is 5.75 Å². The van der Waals surface area contributed by atoms with Crippen LogP contribution in [0, 0.1) is 5.92 Å². The van der Waals surface area contributed by atoms with Gasteiger partial charge in [-0.1, -0.05) is 85.3 Å². The normalized spacial score (nSPS) is 24.0. The van der Waals surface area contributed by atoms with Gasteiger partial charge in [0.2, 0.25) is 5.91 Å². The summed E-state index contributed by atoms with van der Waals surface area (Å²) in [4.78, 5) is 48.8. The number of hydrogen-bond donors (Lipinski definition) is 1. The van der Waals surface area contributed by atoms with Gasteiger partial charge in [0.1, 0.15) is 5.75 Å². The number of benzene rings is 5. The molecule has 9 rings (SSSR count). The lowest BCUT2D eigenvalue weighted by Crippen LogP contribution is -2.52. The fourth-order valence-corrected chi connectivity index (χ4v) is 14.6. The summed E-state index contributed by atoms with van der Waals surface area (Å²) in [6.45, 7) is 7.43. The molecule has 4 aliphatic rings. The number of ether oxygens (including phenoxy) is 2. The van der Waals surface area contributed by atoms with Gasteiger partial charge >= 0.3 is 0 Å². The summed E-state index contributed by atoms with van der Waals surface area (Å²) < 4.78 is 12.7. The van der Waals surface area contributed by atoms with Crippen molar-refractivity contribution < 1.29 is 29.0 Å². The van der Waals surface area contributed by atoms with Gasteiger partial charge in [-0.05, 0) is 83.9 Å².